The summed E-state index contributed by atoms with van der Waals surface area (Å²) in [6, 6.07) is -0.510. The summed E-state index contributed by atoms with van der Waals surface area (Å²) < 4.78 is 15.8. The molecule has 0 aromatic heterocycles. The zero-order valence-corrected chi connectivity index (χ0v) is 14.3. The molecule has 0 rings (SSSR count). The van der Waals surface area contributed by atoms with Gasteiger partial charge in [-0.25, -0.2) is 0 Å². The van der Waals surface area contributed by atoms with Gasteiger partial charge >= 0.3 is 0 Å². The largest absolute Gasteiger partial charge is 0.379 e. The number of hydrogen-bond donors (Lipinski definition) is 2. The van der Waals surface area contributed by atoms with E-state index in [4.69, 9.17) is 19.7 Å². The molecular formula is C14H27N5O5. The van der Waals surface area contributed by atoms with E-state index in [1.165, 1.54) is 6.92 Å². The van der Waals surface area contributed by atoms with Gasteiger partial charge in [-0.15, -0.1) is 0 Å². The number of hydrogen-bond acceptors (Lipinski definition) is 6. The molecule has 10 heteroatoms. The number of ether oxygens (including phenoxy) is 3. The summed E-state index contributed by atoms with van der Waals surface area (Å²) in [5.41, 5.74) is 8.06. The molecule has 10 nitrogen and oxygen atoms in total. The normalized spacial score (nSPS) is 11.4. The maximum absolute atomic E-state index is 11.8. The molecule has 0 bridgehead atoms. The van der Waals surface area contributed by atoms with Crippen LogP contribution >= 0.6 is 0 Å². The van der Waals surface area contributed by atoms with Crippen molar-refractivity contribution in [2.45, 2.75) is 26.3 Å². The van der Waals surface area contributed by atoms with Gasteiger partial charge < -0.3 is 24.8 Å². The number of carbonyl (C=O) groups excluding carboxylic acids is 2. The van der Waals surface area contributed by atoms with Crippen LogP contribution in [0.5, 0.6) is 0 Å². The average molecular weight is 345 g/mol. The maximum Gasteiger partial charge on any atom is 0.242 e. The fourth-order valence-electron chi connectivity index (χ4n) is 1.66. The van der Waals surface area contributed by atoms with Crippen molar-refractivity contribution in [3.05, 3.63) is 10.4 Å². The Morgan fingerprint density at radius 3 is 2.21 bits per heavy atom. The van der Waals surface area contributed by atoms with Gasteiger partial charge in [-0.2, -0.15) is 0 Å². The first-order valence-corrected chi connectivity index (χ1v) is 7.90. The van der Waals surface area contributed by atoms with E-state index in [-0.39, 0.29) is 11.8 Å². The van der Waals surface area contributed by atoms with Gasteiger partial charge in [0.05, 0.1) is 39.6 Å². The Bertz CT molecular complexity index is 401. The Hall–Kier alpha value is -1.87. The minimum atomic E-state index is -0.510. The van der Waals surface area contributed by atoms with E-state index in [9.17, 15) is 9.59 Å². The molecule has 0 aliphatic heterocycles. The van der Waals surface area contributed by atoms with Gasteiger partial charge in [0.2, 0.25) is 11.8 Å². The average Bonchev–Trinajstić information content (AvgIpc) is 2.56. The van der Waals surface area contributed by atoms with Crippen molar-refractivity contribution in [3.63, 3.8) is 0 Å². The van der Waals surface area contributed by atoms with Crippen LogP contribution in [0.1, 0.15) is 20.3 Å². The Morgan fingerprint density at radius 2 is 1.67 bits per heavy atom. The number of azide groups is 1. The van der Waals surface area contributed by atoms with Crippen LogP contribution in [0, 0.1) is 0 Å². The van der Waals surface area contributed by atoms with Crippen LogP contribution in [0.4, 0.5) is 0 Å². The van der Waals surface area contributed by atoms with Crippen molar-refractivity contribution in [1.82, 2.24) is 10.6 Å². The number of carbonyl (C=O) groups is 2. The molecule has 1 atom stereocenters. The molecule has 0 fully saturated rings. The van der Waals surface area contributed by atoms with Crippen molar-refractivity contribution < 1.29 is 23.8 Å². The van der Waals surface area contributed by atoms with E-state index in [0.717, 1.165) is 0 Å². The maximum atomic E-state index is 11.8. The second kappa shape index (κ2) is 16.0. The molecule has 0 aromatic rings. The molecule has 0 radical (unpaired) electrons. The molecule has 0 saturated heterocycles. The highest BCUT2D eigenvalue weighted by molar-refractivity contribution is 5.86. The smallest absolute Gasteiger partial charge is 0.242 e. The van der Waals surface area contributed by atoms with Crippen LogP contribution in [-0.4, -0.2) is 70.6 Å². The molecule has 2 amide bonds. The lowest BCUT2D eigenvalue weighted by atomic mass is 10.2. The summed E-state index contributed by atoms with van der Waals surface area (Å²) in [7, 11) is 0. The SMILES string of the molecule is CCC(NC(C)=O)C(=O)NCCOCCOCCOCCN=[N+]=[N-]. The summed E-state index contributed by atoms with van der Waals surface area (Å²) in [4.78, 5) is 25.3. The van der Waals surface area contributed by atoms with Crippen LogP contribution in [-0.2, 0) is 23.8 Å². The molecule has 0 aromatic carbocycles. The predicted octanol–water partition coefficient (Wildman–Crippen LogP) is 0.377. The molecule has 0 spiro atoms. The highest BCUT2D eigenvalue weighted by atomic mass is 16.5. The van der Waals surface area contributed by atoms with Crippen LogP contribution in [0.3, 0.4) is 0 Å². The Kier molecular flexibility index (Phi) is 14.8. The topological polar surface area (TPSA) is 135 Å². The Labute approximate surface area is 141 Å². The van der Waals surface area contributed by atoms with Gasteiger partial charge in [0.25, 0.3) is 0 Å². The fourth-order valence-corrected chi connectivity index (χ4v) is 1.66. The third-order valence-electron chi connectivity index (χ3n) is 2.79. The first-order valence-electron chi connectivity index (χ1n) is 7.90. The van der Waals surface area contributed by atoms with Gasteiger partial charge in [-0.05, 0) is 12.0 Å². The molecule has 0 aliphatic carbocycles. The lowest BCUT2D eigenvalue weighted by molar-refractivity contribution is -0.128. The standard InChI is InChI=1S/C14H27N5O5/c1-3-13(18-12(2)20)14(21)16-4-6-22-8-10-24-11-9-23-7-5-17-19-15/h13H,3-11H2,1-2H3,(H,16,21)(H,18,20). The molecular weight excluding hydrogens is 318 g/mol. The van der Waals surface area contributed by atoms with Gasteiger partial charge in [0, 0.05) is 24.9 Å². The van der Waals surface area contributed by atoms with Crippen LogP contribution < -0.4 is 10.6 Å². The highest BCUT2D eigenvalue weighted by Gasteiger charge is 2.16. The van der Waals surface area contributed by atoms with Crippen molar-refractivity contribution in [1.29, 1.82) is 0 Å². The number of rotatable bonds is 15. The van der Waals surface area contributed by atoms with E-state index in [2.05, 4.69) is 20.7 Å². The second-order valence-electron chi connectivity index (χ2n) is 4.74. The fraction of sp³-hybridized carbons (Fsp3) is 0.857. The van der Waals surface area contributed by atoms with Gasteiger partial charge in [0.1, 0.15) is 6.04 Å². The van der Waals surface area contributed by atoms with Crippen molar-refractivity contribution >= 4 is 11.8 Å². The Morgan fingerprint density at radius 1 is 1.08 bits per heavy atom. The Balaban J connectivity index is 3.39. The third kappa shape index (κ3) is 13.8. The monoisotopic (exact) mass is 345 g/mol. The second-order valence-corrected chi connectivity index (χ2v) is 4.74. The van der Waals surface area contributed by atoms with Crippen molar-refractivity contribution in [2.75, 3.05) is 52.7 Å². The van der Waals surface area contributed by atoms with E-state index in [0.29, 0.717) is 59.2 Å². The highest BCUT2D eigenvalue weighted by Crippen LogP contribution is 1.91. The summed E-state index contributed by atoms with van der Waals surface area (Å²) >= 11 is 0. The zero-order chi connectivity index (χ0) is 18.0. The van der Waals surface area contributed by atoms with E-state index in [1.807, 2.05) is 6.92 Å². The van der Waals surface area contributed by atoms with Gasteiger partial charge in [0.15, 0.2) is 0 Å². The van der Waals surface area contributed by atoms with Gasteiger partial charge in [-0.3, -0.25) is 9.59 Å². The summed E-state index contributed by atoms with van der Waals surface area (Å²) in [6.45, 7) is 6.34. The summed E-state index contributed by atoms with van der Waals surface area (Å²) in [5.74, 6) is -0.447. The minimum absolute atomic E-state index is 0.217. The third-order valence-corrected chi connectivity index (χ3v) is 2.79. The number of nitrogens with one attached hydrogen (secondary N) is 2. The molecule has 2 N–H and O–H groups in total. The molecule has 1 unspecified atom stereocenters. The van der Waals surface area contributed by atoms with E-state index in [1.54, 1.807) is 0 Å². The molecule has 24 heavy (non-hydrogen) atoms. The lowest BCUT2D eigenvalue weighted by Gasteiger charge is -2.15. The molecule has 0 heterocycles. The first kappa shape index (κ1) is 22.1. The van der Waals surface area contributed by atoms with Crippen LogP contribution in [0.15, 0.2) is 5.11 Å². The number of nitrogens with zero attached hydrogens (tertiary/aromatic N) is 3. The molecule has 138 valence electrons. The molecule has 0 aliphatic rings. The summed E-state index contributed by atoms with van der Waals surface area (Å²) in [6.07, 6.45) is 0.533. The zero-order valence-electron chi connectivity index (χ0n) is 14.3. The lowest BCUT2D eigenvalue weighted by Crippen LogP contribution is -2.46. The summed E-state index contributed by atoms with van der Waals surface area (Å²) in [5, 5.41) is 8.61. The van der Waals surface area contributed by atoms with Crippen LogP contribution in [0.25, 0.3) is 10.4 Å². The van der Waals surface area contributed by atoms with Crippen LogP contribution in [0.2, 0.25) is 0 Å². The van der Waals surface area contributed by atoms with E-state index < -0.39 is 6.04 Å². The van der Waals surface area contributed by atoms with Crippen molar-refractivity contribution in [2.24, 2.45) is 5.11 Å². The quantitative estimate of drug-likeness (QED) is 0.191. The van der Waals surface area contributed by atoms with Crippen molar-refractivity contribution in [3.8, 4) is 0 Å². The minimum Gasteiger partial charge on any atom is -0.379 e. The van der Waals surface area contributed by atoms with E-state index >= 15 is 0 Å². The predicted molar refractivity (Wildman–Crippen MR) is 87.4 cm³/mol. The number of amides is 2. The van der Waals surface area contributed by atoms with Gasteiger partial charge in [-0.1, -0.05) is 12.0 Å². The first-order chi connectivity index (χ1) is 11.6. The molecule has 0 saturated carbocycles.